The summed E-state index contributed by atoms with van der Waals surface area (Å²) in [6.07, 6.45) is 1.76. The van der Waals surface area contributed by atoms with Gasteiger partial charge in [-0.25, -0.2) is 14.4 Å². The Morgan fingerprint density at radius 1 is 1.17 bits per heavy atom. The van der Waals surface area contributed by atoms with Crippen LogP contribution in [0.5, 0.6) is 5.75 Å². The van der Waals surface area contributed by atoms with Gasteiger partial charge in [0.25, 0.3) is 0 Å². The first-order chi connectivity index (χ1) is 11.1. The van der Waals surface area contributed by atoms with Crippen molar-refractivity contribution < 1.29 is 9.13 Å². The minimum atomic E-state index is -0.280. The van der Waals surface area contributed by atoms with Crippen molar-refractivity contribution in [2.45, 2.75) is 19.9 Å². The first-order valence-corrected chi connectivity index (χ1v) is 7.44. The fourth-order valence-electron chi connectivity index (χ4n) is 2.44. The number of halogens is 1. The largest absolute Gasteiger partial charge is 0.496 e. The number of anilines is 1. The zero-order chi connectivity index (χ0) is 16.4. The zero-order valence-electron chi connectivity index (χ0n) is 13.3. The molecule has 23 heavy (non-hydrogen) atoms. The number of hydrogen-bond acceptors (Lipinski definition) is 4. The van der Waals surface area contributed by atoms with Crippen LogP contribution in [0.15, 0.2) is 42.6 Å². The van der Waals surface area contributed by atoms with Gasteiger partial charge >= 0.3 is 0 Å². The van der Waals surface area contributed by atoms with Crippen LogP contribution in [0.25, 0.3) is 22.0 Å². The first-order valence-electron chi connectivity index (χ1n) is 7.44. The summed E-state index contributed by atoms with van der Waals surface area (Å²) in [5.41, 5.74) is 2.35. The number of rotatable bonds is 4. The van der Waals surface area contributed by atoms with Crippen LogP contribution in [-0.2, 0) is 0 Å². The molecule has 0 radical (unpaired) electrons. The predicted molar refractivity (Wildman–Crippen MR) is 90.2 cm³/mol. The monoisotopic (exact) mass is 311 g/mol. The van der Waals surface area contributed by atoms with Crippen molar-refractivity contribution in [1.29, 1.82) is 0 Å². The van der Waals surface area contributed by atoms with Crippen LogP contribution < -0.4 is 10.1 Å². The topological polar surface area (TPSA) is 47.0 Å². The average Bonchev–Trinajstić information content (AvgIpc) is 2.53. The standard InChI is InChI=1S/C18H18FN3O/c1-11(2)21-18-20-10-13-8-15(12-5-4-6-14(19)7-12)17(23-3)9-16(13)22-18/h4-11H,1-3H3,(H,20,21,22). The summed E-state index contributed by atoms with van der Waals surface area (Å²) in [5.74, 6) is 0.947. The molecule has 0 saturated heterocycles. The van der Waals surface area contributed by atoms with E-state index in [1.54, 1.807) is 19.4 Å². The maximum atomic E-state index is 13.5. The molecule has 0 aliphatic heterocycles. The van der Waals surface area contributed by atoms with E-state index < -0.39 is 0 Å². The number of fused-ring (bicyclic) bond motifs is 1. The third kappa shape index (κ3) is 3.23. The van der Waals surface area contributed by atoms with Crippen LogP contribution in [0, 0.1) is 5.82 Å². The molecule has 0 bridgehead atoms. The molecule has 0 fully saturated rings. The van der Waals surface area contributed by atoms with Crippen LogP contribution in [-0.4, -0.2) is 23.1 Å². The van der Waals surface area contributed by atoms with Crippen molar-refractivity contribution in [1.82, 2.24) is 9.97 Å². The number of benzene rings is 2. The van der Waals surface area contributed by atoms with E-state index in [4.69, 9.17) is 4.74 Å². The average molecular weight is 311 g/mol. The molecule has 4 nitrogen and oxygen atoms in total. The van der Waals surface area contributed by atoms with E-state index in [0.29, 0.717) is 11.7 Å². The Morgan fingerprint density at radius 2 is 2.00 bits per heavy atom. The van der Waals surface area contributed by atoms with E-state index in [1.807, 2.05) is 32.0 Å². The molecular weight excluding hydrogens is 293 g/mol. The van der Waals surface area contributed by atoms with Gasteiger partial charge < -0.3 is 10.1 Å². The van der Waals surface area contributed by atoms with Crippen LogP contribution in [0.4, 0.5) is 10.3 Å². The minimum Gasteiger partial charge on any atom is -0.496 e. The van der Waals surface area contributed by atoms with Crippen molar-refractivity contribution >= 4 is 16.9 Å². The van der Waals surface area contributed by atoms with E-state index in [9.17, 15) is 4.39 Å². The minimum absolute atomic E-state index is 0.251. The normalized spacial score (nSPS) is 11.0. The van der Waals surface area contributed by atoms with Crippen molar-refractivity contribution in [3.8, 4) is 16.9 Å². The number of aromatic nitrogens is 2. The lowest BCUT2D eigenvalue weighted by Crippen LogP contribution is -2.12. The highest BCUT2D eigenvalue weighted by molar-refractivity contribution is 5.88. The highest BCUT2D eigenvalue weighted by Gasteiger charge is 2.11. The maximum absolute atomic E-state index is 13.5. The van der Waals surface area contributed by atoms with E-state index in [-0.39, 0.29) is 11.9 Å². The molecule has 3 aromatic rings. The first kappa shape index (κ1) is 15.2. The summed E-state index contributed by atoms with van der Waals surface area (Å²) in [6, 6.07) is 10.5. The molecule has 0 aliphatic rings. The van der Waals surface area contributed by atoms with Crippen LogP contribution in [0.1, 0.15) is 13.8 Å². The molecule has 1 N–H and O–H groups in total. The lowest BCUT2D eigenvalue weighted by molar-refractivity contribution is 0.417. The van der Waals surface area contributed by atoms with Gasteiger partial charge in [-0.3, -0.25) is 0 Å². The number of nitrogens with one attached hydrogen (secondary N) is 1. The molecular formula is C18H18FN3O. The fourth-order valence-corrected chi connectivity index (χ4v) is 2.44. The van der Waals surface area contributed by atoms with Crippen LogP contribution >= 0.6 is 0 Å². The molecule has 1 heterocycles. The summed E-state index contributed by atoms with van der Waals surface area (Å²) in [7, 11) is 1.60. The van der Waals surface area contributed by atoms with Crippen molar-refractivity contribution in [2.75, 3.05) is 12.4 Å². The van der Waals surface area contributed by atoms with Gasteiger partial charge in [-0.15, -0.1) is 0 Å². The van der Waals surface area contributed by atoms with Gasteiger partial charge in [0.1, 0.15) is 11.6 Å². The van der Waals surface area contributed by atoms with Gasteiger partial charge in [0.15, 0.2) is 0 Å². The highest BCUT2D eigenvalue weighted by atomic mass is 19.1. The molecule has 0 spiro atoms. The molecule has 0 aliphatic carbocycles. The molecule has 1 aromatic heterocycles. The summed E-state index contributed by atoms with van der Waals surface area (Å²) < 4.78 is 19.0. The lowest BCUT2D eigenvalue weighted by atomic mass is 10.0. The summed E-state index contributed by atoms with van der Waals surface area (Å²) in [6.45, 7) is 4.06. The molecule has 118 valence electrons. The third-order valence-electron chi connectivity index (χ3n) is 3.45. The maximum Gasteiger partial charge on any atom is 0.223 e. The van der Waals surface area contributed by atoms with E-state index in [2.05, 4.69) is 15.3 Å². The highest BCUT2D eigenvalue weighted by Crippen LogP contribution is 2.34. The van der Waals surface area contributed by atoms with Crippen molar-refractivity contribution in [2.24, 2.45) is 0 Å². The Kier molecular flexibility index (Phi) is 4.10. The number of methoxy groups -OCH3 is 1. The number of hydrogen-bond donors (Lipinski definition) is 1. The van der Waals surface area contributed by atoms with Crippen molar-refractivity contribution in [3.05, 3.63) is 48.4 Å². The summed E-state index contributed by atoms with van der Waals surface area (Å²) in [4.78, 5) is 8.82. The SMILES string of the molecule is COc1cc2nc(NC(C)C)ncc2cc1-c1cccc(F)c1. The van der Waals surface area contributed by atoms with Gasteiger partial charge in [-0.2, -0.15) is 0 Å². The quantitative estimate of drug-likeness (QED) is 0.782. The van der Waals surface area contributed by atoms with Gasteiger partial charge in [0.2, 0.25) is 5.95 Å². The summed E-state index contributed by atoms with van der Waals surface area (Å²) >= 11 is 0. The van der Waals surface area contributed by atoms with Crippen LogP contribution in [0.3, 0.4) is 0 Å². The number of nitrogens with zero attached hydrogens (tertiary/aromatic N) is 2. The smallest absolute Gasteiger partial charge is 0.223 e. The summed E-state index contributed by atoms with van der Waals surface area (Å²) in [5, 5.41) is 4.05. The van der Waals surface area contributed by atoms with E-state index in [1.165, 1.54) is 12.1 Å². The third-order valence-corrected chi connectivity index (χ3v) is 3.45. The molecule has 0 saturated carbocycles. The van der Waals surface area contributed by atoms with E-state index in [0.717, 1.165) is 22.0 Å². The number of ether oxygens (including phenoxy) is 1. The molecule has 5 heteroatoms. The Labute approximate surface area is 134 Å². The molecule has 2 aromatic carbocycles. The second-order valence-corrected chi connectivity index (χ2v) is 5.61. The van der Waals surface area contributed by atoms with Gasteiger partial charge in [-0.1, -0.05) is 12.1 Å². The lowest BCUT2D eigenvalue weighted by Gasteiger charge is -2.12. The van der Waals surface area contributed by atoms with Gasteiger partial charge in [0.05, 0.1) is 12.6 Å². The fraction of sp³-hybridized carbons (Fsp3) is 0.222. The molecule has 3 rings (SSSR count). The Hall–Kier alpha value is -2.69. The molecule has 0 unspecified atom stereocenters. The predicted octanol–water partition coefficient (Wildman–Crippen LogP) is 4.26. The Morgan fingerprint density at radius 3 is 2.70 bits per heavy atom. The Balaban J connectivity index is 2.13. The van der Waals surface area contributed by atoms with Gasteiger partial charge in [-0.05, 0) is 37.6 Å². The van der Waals surface area contributed by atoms with Crippen molar-refractivity contribution in [3.63, 3.8) is 0 Å². The molecule has 0 amide bonds. The van der Waals surface area contributed by atoms with Gasteiger partial charge in [0, 0.05) is 29.3 Å². The Bertz CT molecular complexity index is 849. The second kappa shape index (κ2) is 6.20. The van der Waals surface area contributed by atoms with Crippen LogP contribution in [0.2, 0.25) is 0 Å². The second-order valence-electron chi connectivity index (χ2n) is 5.61. The zero-order valence-corrected chi connectivity index (χ0v) is 13.3. The van der Waals surface area contributed by atoms with E-state index >= 15 is 0 Å². The molecule has 0 atom stereocenters.